The van der Waals surface area contributed by atoms with E-state index in [-0.39, 0.29) is 123 Å². The summed E-state index contributed by atoms with van der Waals surface area (Å²) in [4.78, 5) is 19.7. The maximum Gasteiger partial charge on any atom is 1.00 e. The van der Waals surface area contributed by atoms with Crippen molar-refractivity contribution in [3.05, 3.63) is 68.3 Å². The molecule has 0 atom stereocenters. The van der Waals surface area contributed by atoms with Crippen molar-refractivity contribution in [3.8, 4) is 5.75 Å². The van der Waals surface area contributed by atoms with Crippen molar-refractivity contribution in [3.63, 3.8) is 0 Å². The number of benzene rings is 3. The van der Waals surface area contributed by atoms with Crippen LogP contribution in [0.3, 0.4) is 0 Å². The zero-order valence-electron chi connectivity index (χ0n) is 26.6. The minimum atomic E-state index is -5.48. The molecule has 26 heteroatoms. The summed E-state index contributed by atoms with van der Waals surface area (Å²) < 4.78 is 110. The van der Waals surface area contributed by atoms with E-state index >= 15 is 0 Å². The summed E-state index contributed by atoms with van der Waals surface area (Å²) in [5.41, 5.74) is -3.15. The second-order valence-corrected chi connectivity index (χ2v) is 13.5. The van der Waals surface area contributed by atoms with E-state index in [1.807, 2.05) is 0 Å². The molecule has 0 radical (unpaired) electrons. The number of ether oxygens (including phenoxy) is 1. The first-order valence-electron chi connectivity index (χ1n) is 12.2. The van der Waals surface area contributed by atoms with Gasteiger partial charge in [-0.1, -0.05) is 0 Å². The number of nitrogens with one attached hydrogen (secondary N) is 1. The molecule has 0 amide bonds. The van der Waals surface area contributed by atoms with E-state index in [0.717, 1.165) is 24.1 Å². The molecular weight excluding hydrogens is 749 g/mol. The zero-order chi connectivity index (χ0) is 34.8. The Labute approximate surface area is 346 Å². The molecule has 0 aromatic heterocycles. The first-order chi connectivity index (χ1) is 21.1. The van der Waals surface area contributed by atoms with Crippen LogP contribution in [0.25, 0.3) is 0 Å². The Morgan fingerprint density at radius 3 is 1.92 bits per heavy atom. The van der Waals surface area contributed by atoms with E-state index in [4.69, 9.17) is 4.74 Å². The summed E-state index contributed by atoms with van der Waals surface area (Å²) in [5, 5.41) is 33.2. The van der Waals surface area contributed by atoms with Crippen molar-refractivity contribution < 1.29 is 142 Å². The molecule has 0 spiro atoms. The van der Waals surface area contributed by atoms with Gasteiger partial charge >= 0.3 is 94.4 Å². The molecule has 0 saturated heterocycles. The summed E-state index contributed by atoms with van der Waals surface area (Å²) in [6.45, 7) is 1.05. The van der Waals surface area contributed by atoms with Crippen LogP contribution in [0.1, 0.15) is 5.56 Å². The summed E-state index contributed by atoms with van der Waals surface area (Å²) in [6.07, 6.45) is 0. The fraction of sp³-hybridized carbons (Fsp3) is 0.217. The van der Waals surface area contributed by atoms with E-state index < -0.39 is 79.4 Å². The molecule has 0 aliphatic heterocycles. The summed E-state index contributed by atoms with van der Waals surface area (Å²) in [6, 6.07) is 6.57. The Balaban J connectivity index is 0.00000768. The number of non-ortho nitro benzene ring substituents is 1. The molecule has 49 heavy (non-hydrogen) atoms. The van der Waals surface area contributed by atoms with Crippen LogP contribution >= 0.6 is 0 Å². The van der Waals surface area contributed by atoms with Crippen LogP contribution in [-0.4, -0.2) is 75.2 Å². The van der Waals surface area contributed by atoms with Gasteiger partial charge in [-0.25, -0.2) is 25.3 Å². The second-order valence-electron chi connectivity index (χ2n) is 9.26. The maximum absolute atomic E-state index is 11.9. The first-order valence-corrected chi connectivity index (χ1v) is 16.6. The van der Waals surface area contributed by atoms with Gasteiger partial charge in [0.25, 0.3) is 5.69 Å². The fourth-order valence-corrected chi connectivity index (χ4v) is 5.82. The Bertz CT molecular complexity index is 2100. The molecule has 0 unspecified atom stereocenters. The fourth-order valence-electron chi connectivity index (χ4n) is 3.91. The molecule has 3 rings (SSSR count). The molecule has 0 fully saturated rings. The van der Waals surface area contributed by atoms with Gasteiger partial charge < -0.3 is 28.6 Å². The van der Waals surface area contributed by atoms with Gasteiger partial charge in [-0.3, -0.25) is 20.2 Å². The van der Waals surface area contributed by atoms with Crippen molar-refractivity contribution >= 4 is 70.2 Å². The molecule has 0 aliphatic rings. The molecular formula is C23H21N6Na3O14S3. The van der Waals surface area contributed by atoms with Crippen LogP contribution < -0.4 is 104 Å². The maximum atomic E-state index is 11.9. The van der Waals surface area contributed by atoms with Gasteiger partial charge in [0.1, 0.15) is 31.7 Å². The molecule has 3 aromatic carbocycles. The number of methoxy groups -OCH3 is 1. The quantitative estimate of drug-likeness (QED) is 0.0556. The van der Waals surface area contributed by atoms with Crippen LogP contribution in [0, 0.1) is 27.2 Å². The molecule has 248 valence electrons. The number of aryl methyl sites for hydroxylation is 1. The molecule has 0 saturated carbocycles. The van der Waals surface area contributed by atoms with E-state index in [9.17, 15) is 59.1 Å². The second kappa shape index (κ2) is 18.6. The topological polar surface area (TPSA) is 307 Å². The molecule has 20 nitrogen and oxygen atoms in total. The Morgan fingerprint density at radius 1 is 0.837 bits per heavy atom. The SMILES string of the molecule is COc1cc(N=Nc2ccc(N(C)CCS(=O)(=O)[O-])c(S(=O)(=O)[O-])c2)c(C)cc1Nc1c([N+](=O)[O-])cc([N+](=O)[O-])cc1S(=O)(=O)[O-].[Na+].[Na+].[Na+]. The number of nitro groups is 2. The molecule has 3 aromatic rings. The van der Waals surface area contributed by atoms with Crippen LogP contribution in [0.2, 0.25) is 0 Å². The van der Waals surface area contributed by atoms with Crippen molar-refractivity contribution in [2.45, 2.75) is 16.7 Å². The third kappa shape index (κ3) is 12.7. The molecule has 0 bridgehead atoms. The van der Waals surface area contributed by atoms with Gasteiger partial charge in [-0.15, -0.1) is 0 Å². The van der Waals surface area contributed by atoms with Gasteiger partial charge in [0.2, 0.25) is 0 Å². The van der Waals surface area contributed by atoms with Crippen LogP contribution in [-0.2, 0) is 30.4 Å². The first kappa shape index (κ1) is 47.2. The number of nitro benzene ring substituents is 2. The summed E-state index contributed by atoms with van der Waals surface area (Å²) in [7, 11) is -12.8. The van der Waals surface area contributed by atoms with Crippen LogP contribution in [0.15, 0.2) is 62.5 Å². The number of nitrogens with zero attached hydrogens (tertiary/aromatic N) is 5. The van der Waals surface area contributed by atoms with E-state index in [2.05, 4.69) is 15.5 Å². The standard InChI is InChI=1S/C23H24N6O14S3.3Na/c1-13-8-17(24-23-19(29(32)33)10-15(28(30)31)11-22(23)46(40,41)42)20(43-3)12-16(13)26-25-14-4-5-18(21(9-14)45(37,38)39)27(2)6-7-44(34,35)36;;;/h4-5,8-12,24H,6-7H2,1-3H3,(H,34,35,36)(H,37,38,39)(H,40,41,42);;;/q;3*+1/p-3. The minimum Gasteiger partial charge on any atom is -0.748 e. The van der Waals surface area contributed by atoms with Crippen molar-refractivity contribution in [2.24, 2.45) is 10.2 Å². The predicted octanol–water partition coefficient (Wildman–Crippen LogP) is -6.22. The Hall–Kier alpha value is -1.81. The molecule has 0 heterocycles. The van der Waals surface area contributed by atoms with Crippen LogP contribution in [0.4, 0.5) is 39.8 Å². The van der Waals surface area contributed by atoms with Gasteiger partial charge in [0, 0.05) is 25.7 Å². The summed E-state index contributed by atoms with van der Waals surface area (Å²) in [5.74, 6) is -0.990. The summed E-state index contributed by atoms with van der Waals surface area (Å²) >= 11 is 0. The van der Waals surface area contributed by atoms with Gasteiger partial charge in [0.05, 0.1) is 71.4 Å². The van der Waals surface area contributed by atoms with E-state index in [1.54, 1.807) is 0 Å². The predicted molar refractivity (Wildman–Crippen MR) is 155 cm³/mol. The third-order valence-corrected chi connectivity index (χ3v) is 8.50. The number of azo groups is 1. The number of hydrogen-bond donors (Lipinski definition) is 1. The number of anilines is 3. The van der Waals surface area contributed by atoms with E-state index in [1.165, 1.54) is 32.2 Å². The number of hydrogen-bond acceptors (Lipinski definition) is 18. The van der Waals surface area contributed by atoms with Gasteiger partial charge in [-0.2, -0.15) is 10.2 Å². The van der Waals surface area contributed by atoms with Gasteiger partial charge in [-0.05, 0) is 36.8 Å². The van der Waals surface area contributed by atoms with Crippen molar-refractivity contribution in [1.29, 1.82) is 0 Å². The molecule has 0 aliphatic carbocycles. The Kier molecular flexibility index (Phi) is 17.9. The Morgan fingerprint density at radius 2 is 1.43 bits per heavy atom. The van der Waals surface area contributed by atoms with Crippen LogP contribution in [0.5, 0.6) is 5.75 Å². The smallest absolute Gasteiger partial charge is 0.748 e. The monoisotopic (exact) mass is 770 g/mol. The average molecular weight is 771 g/mol. The normalized spacial score (nSPS) is 11.5. The largest absolute Gasteiger partial charge is 1.00 e. The van der Waals surface area contributed by atoms with Gasteiger partial charge in [0.15, 0.2) is 0 Å². The zero-order valence-corrected chi connectivity index (χ0v) is 35.1. The number of rotatable bonds is 13. The van der Waals surface area contributed by atoms with Crippen molar-refractivity contribution in [2.75, 3.05) is 36.7 Å². The van der Waals surface area contributed by atoms with E-state index in [0.29, 0.717) is 12.1 Å². The van der Waals surface area contributed by atoms with Crippen molar-refractivity contribution in [1.82, 2.24) is 0 Å². The third-order valence-electron chi connectivity index (χ3n) is 6.09. The molecule has 1 N–H and O–H groups in total. The minimum absolute atomic E-state index is 0. The average Bonchev–Trinajstić information content (AvgIpc) is 2.93.